The fourth-order valence-corrected chi connectivity index (χ4v) is 2.49. The second-order valence-corrected chi connectivity index (χ2v) is 5.29. The molecule has 1 aromatic heterocycles. The second-order valence-electron chi connectivity index (χ2n) is 3.56. The van der Waals surface area contributed by atoms with Gasteiger partial charge in [-0.15, -0.1) is 0 Å². The Bertz CT molecular complexity index is 480. The Balaban J connectivity index is 3.06. The molecule has 0 bridgehead atoms. The highest BCUT2D eigenvalue weighted by atomic mass is 31.2. The van der Waals surface area contributed by atoms with E-state index in [1.165, 1.54) is 12.4 Å². The van der Waals surface area contributed by atoms with Crippen LogP contribution in [-0.2, 0) is 20.6 Å². The maximum absolute atomic E-state index is 11.1. The number of aliphatic carboxylic acids is 2. The molecule has 10 heteroatoms. The van der Waals surface area contributed by atoms with Gasteiger partial charge in [-0.3, -0.25) is 14.2 Å². The van der Waals surface area contributed by atoms with Crippen LogP contribution < -0.4 is 0 Å². The summed E-state index contributed by atoms with van der Waals surface area (Å²) in [7, 11) is -5.08. The number of carbonyl (C=O) groups is 2. The van der Waals surface area contributed by atoms with Crippen LogP contribution in [0.4, 0.5) is 0 Å². The van der Waals surface area contributed by atoms with Crippen LogP contribution in [0.5, 0.6) is 0 Å². The molecule has 0 aromatic carbocycles. The molecule has 18 heavy (non-hydrogen) atoms. The summed E-state index contributed by atoms with van der Waals surface area (Å²) >= 11 is 0. The molecule has 0 radical (unpaired) electrons. The number of carboxylic acids is 2. The van der Waals surface area contributed by atoms with Gasteiger partial charge in [-0.25, -0.2) is 4.98 Å². The van der Waals surface area contributed by atoms with Crippen molar-refractivity contribution in [3.05, 3.63) is 18.2 Å². The minimum atomic E-state index is -5.08. The zero-order chi connectivity index (χ0) is 13.9. The van der Waals surface area contributed by atoms with Gasteiger partial charge in [0.15, 0.2) is 5.66 Å². The standard InChI is InChI=1S/C8H11N2O7P/c11-7(12)4(3-5-9-1-2-10-5)6(8(13)14)18(15,16)17/h1-2,4,6H,3H2,(H,9,10)(H,11,12)(H,13,14)(H2,15,16,17). The van der Waals surface area contributed by atoms with Gasteiger partial charge in [-0.2, -0.15) is 0 Å². The normalized spacial score (nSPS) is 15.0. The van der Waals surface area contributed by atoms with E-state index in [1.807, 2.05) is 0 Å². The molecule has 0 fully saturated rings. The monoisotopic (exact) mass is 278 g/mol. The molecule has 1 aromatic rings. The fraction of sp³-hybridized carbons (Fsp3) is 0.375. The lowest BCUT2D eigenvalue weighted by molar-refractivity contribution is -0.148. The molecule has 1 rings (SSSR count). The van der Waals surface area contributed by atoms with Gasteiger partial charge in [0, 0.05) is 18.8 Å². The maximum atomic E-state index is 11.1. The molecule has 0 aliphatic heterocycles. The second kappa shape index (κ2) is 5.30. The third kappa shape index (κ3) is 3.39. The maximum Gasteiger partial charge on any atom is 0.340 e. The van der Waals surface area contributed by atoms with E-state index in [9.17, 15) is 14.2 Å². The molecule has 0 aliphatic rings. The SMILES string of the molecule is O=C(O)C(Cc1ncc[nH]1)C(C(=O)O)P(=O)(O)O. The number of aromatic nitrogens is 2. The van der Waals surface area contributed by atoms with E-state index >= 15 is 0 Å². The number of nitrogens with zero attached hydrogens (tertiary/aromatic N) is 1. The number of aromatic amines is 1. The Morgan fingerprint density at radius 2 is 1.94 bits per heavy atom. The first-order chi connectivity index (χ1) is 8.23. The summed E-state index contributed by atoms with van der Waals surface area (Å²) in [5.41, 5.74) is -2.31. The predicted molar refractivity (Wildman–Crippen MR) is 56.9 cm³/mol. The molecule has 0 amide bonds. The van der Waals surface area contributed by atoms with Gasteiger partial charge in [0.25, 0.3) is 0 Å². The first-order valence-corrected chi connectivity index (χ1v) is 6.40. The molecular weight excluding hydrogens is 267 g/mol. The molecule has 100 valence electrons. The Morgan fingerprint density at radius 1 is 1.33 bits per heavy atom. The zero-order valence-corrected chi connectivity index (χ0v) is 9.82. The predicted octanol–water partition coefficient (Wildman–Crippen LogP) is -0.716. The quantitative estimate of drug-likeness (QED) is 0.426. The fourth-order valence-electron chi connectivity index (χ4n) is 1.50. The smallest absolute Gasteiger partial charge is 0.340 e. The average Bonchev–Trinajstić information content (AvgIpc) is 2.66. The van der Waals surface area contributed by atoms with Gasteiger partial charge < -0.3 is 25.0 Å². The minimum Gasteiger partial charge on any atom is -0.481 e. The summed E-state index contributed by atoms with van der Waals surface area (Å²) in [6.45, 7) is 0. The molecule has 0 spiro atoms. The Morgan fingerprint density at radius 3 is 2.28 bits per heavy atom. The minimum absolute atomic E-state index is 0.141. The molecular formula is C8H11N2O7P. The van der Waals surface area contributed by atoms with Gasteiger partial charge in [0.1, 0.15) is 5.82 Å². The molecule has 9 nitrogen and oxygen atoms in total. The Hall–Kier alpha value is -1.70. The number of carboxylic acid groups (broad SMARTS) is 2. The highest BCUT2D eigenvalue weighted by molar-refractivity contribution is 7.53. The van der Waals surface area contributed by atoms with Crippen molar-refractivity contribution in [3.63, 3.8) is 0 Å². The summed E-state index contributed by atoms with van der Waals surface area (Å²) in [5, 5.41) is 17.7. The number of H-pyrrole nitrogens is 1. The highest BCUT2D eigenvalue weighted by Gasteiger charge is 2.46. The van der Waals surface area contributed by atoms with Crippen molar-refractivity contribution in [2.75, 3.05) is 0 Å². The van der Waals surface area contributed by atoms with Crippen molar-refractivity contribution in [2.45, 2.75) is 12.1 Å². The van der Waals surface area contributed by atoms with Crippen LogP contribution in [0.2, 0.25) is 0 Å². The Kier molecular flexibility index (Phi) is 4.23. The number of nitrogens with one attached hydrogen (secondary N) is 1. The summed E-state index contributed by atoms with van der Waals surface area (Å²) < 4.78 is 11.1. The van der Waals surface area contributed by atoms with E-state index in [0.29, 0.717) is 0 Å². The van der Waals surface area contributed by atoms with E-state index < -0.39 is 37.5 Å². The van der Waals surface area contributed by atoms with Crippen LogP contribution in [0.1, 0.15) is 5.82 Å². The average molecular weight is 278 g/mol. The molecule has 0 saturated carbocycles. The molecule has 0 saturated heterocycles. The first-order valence-electron chi connectivity index (χ1n) is 4.72. The molecule has 2 unspecified atom stereocenters. The van der Waals surface area contributed by atoms with Gasteiger partial charge in [0.05, 0.1) is 5.92 Å². The Labute approximate surface area is 101 Å². The van der Waals surface area contributed by atoms with Crippen LogP contribution in [0.25, 0.3) is 0 Å². The number of hydrogen-bond donors (Lipinski definition) is 5. The first kappa shape index (κ1) is 14.4. The molecule has 1 heterocycles. The lowest BCUT2D eigenvalue weighted by Crippen LogP contribution is -2.36. The van der Waals surface area contributed by atoms with Crippen LogP contribution in [-0.4, -0.2) is 47.6 Å². The van der Waals surface area contributed by atoms with E-state index in [-0.39, 0.29) is 5.82 Å². The van der Waals surface area contributed by atoms with Crippen molar-refractivity contribution in [2.24, 2.45) is 5.92 Å². The van der Waals surface area contributed by atoms with Crippen molar-refractivity contribution in [3.8, 4) is 0 Å². The number of imidazole rings is 1. The topological polar surface area (TPSA) is 161 Å². The van der Waals surface area contributed by atoms with Crippen LogP contribution in [0, 0.1) is 5.92 Å². The lowest BCUT2D eigenvalue weighted by atomic mass is 10.0. The lowest BCUT2D eigenvalue weighted by Gasteiger charge is -2.20. The number of rotatable bonds is 6. The summed E-state index contributed by atoms with van der Waals surface area (Å²) in [6.07, 6.45) is 2.30. The van der Waals surface area contributed by atoms with Crippen molar-refractivity contribution < 1.29 is 34.2 Å². The zero-order valence-electron chi connectivity index (χ0n) is 8.92. The number of hydrogen-bond acceptors (Lipinski definition) is 4. The van der Waals surface area contributed by atoms with Gasteiger partial charge in [-0.05, 0) is 0 Å². The molecule has 2 atom stereocenters. The van der Waals surface area contributed by atoms with Gasteiger partial charge in [0.2, 0.25) is 0 Å². The molecule has 5 N–H and O–H groups in total. The van der Waals surface area contributed by atoms with E-state index in [0.717, 1.165) is 0 Å². The molecule has 0 aliphatic carbocycles. The van der Waals surface area contributed by atoms with Crippen LogP contribution in [0.3, 0.4) is 0 Å². The van der Waals surface area contributed by atoms with E-state index in [4.69, 9.17) is 20.0 Å². The van der Waals surface area contributed by atoms with Crippen LogP contribution in [0.15, 0.2) is 12.4 Å². The largest absolute Gasteiger partial charge is 0.481 e. The summed E-state index contributed by atoms with van der Waals surface area (Å²) in [5.74, 6) is -5.10. The summed E-state index contributed by atoms with van der Waals surface area (Å²) in [4.78, 5) is 45.9. The van der Waals surface area contributed by atoms with Crippen molar-refractivity contribution in [1.82, 2.24) is 9.97 Å². The van der Waals surface area contributed by atoms with Crippen molar-refractivity contribution in [1.29, 1.82) is 0 Å². The van der Waals surface area contributed by atoms with E-state index in [1.54, 1.807) is 0 Å². The third-order valence-electron chi connectivity index (χ3n) is 2.28. The highest BCUT2D eigenvalue weighted by Crippen LogP contribution is 2.45. The van der Waals surface area contributed by atoms with E-state index in [2.05, 4.69) is 9.97 Å². The summed E-state index contributed by atoms with van der Waals surface area (Å²) in [6, 6.07) is 0. The van der Waals surface area contributed by atoms with Crippen LogP contribution >= 0.6 is 7.60 Å². The third-order valence-corrected chi connectivity index (χ3v) is 3.59. The van der Waals surface area contributed by atoms with Crippen molar-refractivity contribution >= 4 is 19.5 Å². The van der Waals surface area contributed by atoms with Gasteiger partial charge >= 0.3 is 19.5 Å². The van der Waals surface area contributed by atoms with Gasteiger partial charge in [-0.1, -0.05) is 0 Å².